The van der Waals surface area contributed by atoms with Gasteiger partial charge in [0.15, 0.2) is 23.3 Å². The number of aromatic nitrogens is 3. The Balaban J connectivity index is 1.67. The number of anilines is 1. The van der Waals surface area contributed by atoms with E-state index in [9.17, 15) is 18.0 Å². The predicted molar refractivity (Wildman–Crippen MR) is 96.8 cm³/mol. The van der Waals surface area contributed by atoms with E-state index in [1.165, 1.54) is 0 Å². The molecule has 3 aromatic rings. The fraction of sp³-hybridized carbons (Fsp3) is 0.167. The second-order valence-electron chi connectivity index (χ2n) is 5.80. The van der Waals surface area contributed by atoms with Gasteiger partial charge in [-0.1, -0.05) is 41.6 Å². The zero-order valence-corrected chi connectivity index (χ0v) is 15.2. The van der Waals surface area contributed by atoms with Gasteiger partial charge in [0.2, 0.25) is 11.1 Å². The van der Waals surface area contributed by atoms with Gasteiger partial charge in [0.25, 0.3) is 0 Å². The molecule has 9 heteroatoms. The van der Waals surface area contributed by atoms with Crippen molar-refractivity contribution < 1.29 is 18.0 Å². The molecule has 140 valence electrons. The number of thioether (sulfide) groups is 1. The van der Waals surface area contributed by atoms with Crippen molar-refractivity contribution in [3.05, 3.63) is 59.4 Å². The van der Waals surface area contributed by atoms with Crippen molar-refractivity contribution in [2.75, 3.05) is 5.32 Å². The molecule has 0 spiro atoms. The van der Waals surface area contributed by atoms with Crippen molar-refractivity contribution in [3.63, 3.8) is 0 Å². The molecular formula is C18H15F3N4OS. The predicted octanol–water partition coefficient (Wildman–Crippen LogP) is 4.32. The monoisotopic (exact) mass is 392 g/mol. The summed E-state index contributed by atoms with van der Waals surface area (Å²) in [6, 6.07) is 9.38. The highest BCUT2D eigenvalue weighted by molar-refractivity contribution is 8.00. The van der Waals surface area contributed by atoms with Gasteiger partial charge in [-0.3, -0.25) is 9.89 Å². The lowest BCUT2D eigenvalue weighted by molar-refractivity contribution is -0.115. The lowest BCUT2D eigenvalue weighted by atomic mass is 10.1. The number of hydrogen-bond acceptors (Lipinski definition) is 4. The number of carbonyl (C=O) groups excluding carboxylic acids is 1. The molecule has 2 N–H and O–H groups in total. The largest absolute Gasteiger partial charge is 0.323 e. The van der Waals surface area contributed by atoms with Gasteiger partial charge in [-0.2, -0.15) is 0 Å². The maximum Gasteiger partial charge on any atom is 0.237 e. The molecule has 0 saturated carbocycles. The van der Waals surface area contributed by atoms with E-state index in [4.69, 9.17) is 0 Å². The molecule has 1 aromatic heterocycles. The number of aryl methyl sites for hydroxylation is 1. The lowest BCUT2D eigenvalue weighted by Gasteiger charge is -2.11. The fourth-order valence-corrected chi connectivity index (χ4v) is 2.93. The van der Waals surface area contributed by atoms with Crippen molar-refractivity contribution in [1.29, 1.82) is 0 Å². The van der Waals surface area contributed by atoms with E-state index in [-0.39, 0.29) is 0 Å². The van der Waals surface area contributed by atoms with Crippen LogP contribution in [0.4, 0.5) is 18.9 Å². The van der Waals surface area contributed by atoms with Crippen molar-refractivity contribution in [3.8, 4) is 11.4 Å². The van der Waals surface area contributed by atoms with Crippen LogP contribution in [-0.2, 0) is 4.79 Å². The minimum Gasteiger partial charge on any atom is -0.323 e. The molecule has 3 rings (SSSR count). The van der Waals surface area contributed by atoms with Gasteiger partial charge < -0.3 is 5.32 Å². The number of nitrogens with zero attached hydrogens (tertiary/aromatic N) is 2. The average Bonchev–Trinajstić information content (AvgIpc) is 3.11. The lowest BCUT2D eigenvalue weighted by Crippen LogP contribution is -2.23. The highest BCUT2D eigenvalue weighted by atomic mass is 32.2. The maximum atomic E-state index is 13.7. The van der Waals surface area contributed by atoms with Crippen molar-refractivity contribution in [2.45, 2.75) is 24.3 Å². The second kappa shape index (κ2) is 7.83. The smallest absolute Gasteiger partial charge is 0.237 e. The molecule has 1 unspecified atom stereocenters. The Morgan fingerprint density at radius 1 is 1.11 bits per heavy atom. The topological polar surface area (TPSA) is 70.7 Å². The number of amides is 1. The van der Waals surface area contributed by atoms with Crippen molar-refractivity contribution in [2.24, 2.45) is 0 Å². The molecular weight excluding hydrogens is 377 g/mol. The first-order valence-electron chi connectivity index (χ1n) is 7.95. The number of benzene rings is 2. The Bertz CT molecular complexity index is 975. The number of aromatic amines is 1. The minimum atomic E-state index is -1.63. The van der Waals surface area contributed by atoms with Crippen LogP contribution in [0.5, 0.6) is 0 Å². The normalized spacial score (nSPS) is 12.0. The number of hydrogen-bond donors (Lipinski definition) is 2. The van der Waals surface area contributed by atoms with E-state index in [0.717, 1.165) is 35.0 Å². The van der Waals surface area contributed by atoms with Gasteiger partial charge in [0.1, 0.15) is 0 Å². The van der Waals surface area contributed by atoms with Crippen LogP contribution in [0.3, 0.4) is 0 Å². The van der Waals surface area contributed by atoms with E-state index in [1.54, 1.807) is 6.92 Å². The first kappa shape index (κ1) is 19.0. The number of carbonyl (C=O) groups is 1. The van der Waals surface area contributed by atoms with Crippen LogP contribution in [-0.4, -0.2) is 26.3 Å². The molecule has 27 heavy (non-hydrogen) atoms. The highest BCUT2D eigenvalue weighted by Crippen LogP contribution is 2.25. The first-order chi connectivity index (χ1) is 12.8. The summed E-state index contributed by atoms with van der Waals surface area (Å²) in [4.78, 5) is 16.5. The minimum absolute atomic E-state index is 0.332. The van der Waals surface area contributed by atoms with Gasteiger partial charge in [-0.25, -0.2) is 18.2 Å². The van der Waals surface area contributed by atoms with Gasteiger partial charge in [0.05, 0.1) is 10.9 Å². The van der Waals surface area contributed by atoms with Crippen LogP contribution in [0, 0.1) is 24.4 Å². The Morgan fingerprint density at radius 3 is 2.52 bits per heavy atom. The van der Waals surface area contributed by atoms with E-state index in [1.807, 2.05) is 31.2 Å². The molecule has 0 aliphatic heterocycles. The Kier molecular flexibility index (Phi) is 5.50. The van der Waals surface area contributed by atoms with Crippen LogP contribution in [0.2, 0.25) is 0 Å². The van der Waals surface area contributed by atoms with E-state index >= 15 is 0 Å². The first-order valence-corrected chi connectivity index (χ1v) is 8.83. The van der Waals surface area contributed by atoms with Gasteiger partial charge in [-0.05, 0) is 26.0 Å². The molecule has 0 bridgehead atoms. The summed E-state index contributed by atoms with van der Waals surface area (Å²) in [5.41, 5.74) is 1.53. The molecule has 0 aliphatic rings. The van der Waals surface area contributed by atoms with Crippen LogP contribution in [0.15, 0.2) is 41.6 Å². The van der Waals surface area contributed by atoms with E-state index in [0.29, 0.717) is 11.0 Å². The van der Waals surface area contributed by atoms with Gasteiger partial charge in [-0.15, -0.1) is 5.10 Å². The summed E-state index contributed by atoms with van der Waals surface area (Å²) in [6.07, 6.45) is 0. The van der Waals surface area contributed by atoms with Crippen LogP contribution < -0.4 is 5.32 Å². The molecule has 5 nitrogen and oxygen atoms in total. The summed E-state index contributed by atoms with van der Waals surface area (Å²) in [5.74, 6) is -4.44. The molecule has 0 saturated heterocycles. The molecule has 0 fully saturated rings. The average molecular weight is 392 g/mol. The van der Waals surface area contributed by atoms with Crippen molar-refractivity contribution >= 4 is 23.4 Å². The van der Waals surface area contributed by atoms with Crippen molar-refractivity contribution in [1.82, 2.24) is 15.2 Å². The summed E-state index contributed by atoms with van der Waals surface area (Å²) >= 11 is 1.05. The summed E-state index contributed by atoms with van der Waals surface area (Å²) < 4.78 is 39.9. The van der Waals surface area contributed by atoms with E-state index in [2.05, 4.69) is 20.5 Å². The standard InChI is InChI=1S/C18H15F3N4OS/c1-9-3-5-11(6-4-9)16-23-18(25-24-16)27-10(2)17(26)22-13-8-7-12(19)14(20)15(13)21/h3-8,10H,1-2H3,(H,22,26)(H,23,24,25). The number of halogens is 3. The zero-order valence-electron chi connectivity index (χ0n) is 14.4. The molecule has 1 atom stereocenters. The summed E-state index contributed by atoms with van der Waals surface area (Å²) in [5, 5.41) is 8.72. The molecule has 0 aliphatic carbocycles. The number of rotatable bonds is 5. The third-order valence-electron chi connectivity index (χ3n) is 3.73. The summed E-state index contributed by atoms with van der Waals surface area (Å²) in [7, 11) is 0. The Hall–Kier alpha value is -2.81. The quantitative estimate of drug-likeness (QED) is 0.501. The number of H-pyrrole nitrogens is 1. The highest BCUT2D eigenvalue weighted by Gasteiger charge is 2.21. The van der Waals surface area contributed by atoms with Crippen LogP contribution in [0.25, 0.3) is 11.4 Å². The Labute approximate surface area is 157 Å². The second-order valence-corrected chi connectivity index (χ2v) is 7.11. The van der Waals surface area contributed by atoms with Gasteiger partial charge in [0, 0.05) is 5.56 Å². The van der Waals surface area contributed by atoms with Crippen LogP contribution >= 0.6 is 11.8 Å². The van der Waals surface area contributed by atoms with Crippen LogP contribution in [0.1, 0.15) is 12.5 Å². The molecule has 1 heterocycles. The SMILES string of the molecule is Cc1ccc(-c2nc(SC(C)C(=O)Nc3ccc(F)c(F)c3F)n[nH]2)cc1. The van der Waals surface area contributed by atoms with Gasteiger partial charge >= 0.3 is 0 Å². The Morgan fingerprint density at radius 2 is 1.81 bits per heavy atom. The zero-order chi connectivity index (χ0) is 19.6. The molecule has 1 amide bonds. The molecule has 2 aromatic carbocycles. The fourth-order valence-electron chi connectivity index (χ4n) is 2.21. The third kappa shape index (κ3) is 4.30. The summed E-state index contributed by atoms with van der Waals surface area (Å²) in [6.45, 7) is 3.54. The number of nitrogens with one attached hydrogen (secondary N) is 2. The van der Waals surface area contributed by atoms with E-state index < -0.39 is 34.3 Å². The maximum absolute atomic E-state index is 13.7. The molecule has 0 radical (unpaired) electrons. The third-order valence-corrected chi connectivity index (χ3v) is 4.70.